The number of alkyl halides is 3. The Bertz CT molecular complexity index is 672. The summed E-state index contributed by atoms with van der Waals surface area (Å²) in [7, 11) is 0. The van der Waals surface area contributed by atoms with Crippen LogP contribution in [0.4, 0.5) is 18.9 Å². The minimum atomic E-state index is -4.41. The summed E-state index contributed by atoms with van der Waals surface area (Å²) < 4.78 is 38.0. The highest BCUT2D eigenvalue weighted by Gasteiger charge is 2.30. The third-order valence-electron chi connectivity index (χ3n) is 2.72. The van der Waals surface area contributed by atoms with Crippen LogP contribution in [0.2, 0.25) is 0 Å². The van der Waals surface area contributed by atoms with E-state index in [1.54, 1.807) is 6.07 Å². The number of hydrogen-bond acceptors (Lipinski definition) is 3. The maximum absolute atomic E-state index is 12.7. The largest absolute Gasteiger partial charge is 0.416 e. The molecule has 1 aromatic heterocycles. The molecule has 0 spiro atoms. The lowest BCUT2D eigenvalue weighted by molar-refractivity contribution is -0.137. The van der Waals surface area contributed by atoms with Crippen LogP contribution in [-0.4, -0.2) is 4.98 Å². The average molecular weight is 277 g/mol. The molecule has 3 nitrogen and oxygen atoms in total. The fraction of sp³-hybridized carbons (Fsp3) is 0.143. The normalized spacial score (nSPS) is 11.1. The summed E-state index contributed by atoms with van der Waals surface area (Å²) in [4.78, 5) is 4.05. The van der Waals surface area contributed by atoms with Crippen molar-refractivity contribution < 1.29 is 13.2 Å². The molecule has 0 unspecified atom stereocenters. The SMILES string of the molecule is N#CCc1cnc(-c2cccc(C(F)(F)F)c2)c(N)c1. The first kappa shape index (κ1) is 13.9. The van der Waals surface area contributed by atoms with E-state index in [4.69, 9.17) is 11.0 Å². The number of anilines is 1. The number of pyridine rings is 1. The van der Waals surface area contributed by atoms with Gasteiger partial charge in [0.05, 0.1) is 29.4 Å². The van der Waals surface area contributed by atoms with E-state index < -0.39 is 11.7 Å². The number of benzene rings is 1. The molecule has 0 aliphatic heterocycles. The van der Waals surface area contributed by atoms with E-state index in [9.17, 15) is 13.2 Å². The van der Waals surface area contributed by atoms with Crippen LogP contribution in [0.3, 0.4) is 0 Å². The van der Waals surface area contributed by atoms with Crippen molar-refractivity contribution in [1.82, 2.24) is 4.98 Å². The van der Waals surface area contributed by atoms with Gasteiger partial charge in [-0.1, -0.05) is 12.1 Å². The number of nitrogen functional groups attached to an aromatic ring is 1. The van der Waals surface area contributed by atoms with E-state index in [-0.39, 0.29) is 17.8 Å². The Hall–Kier alpha value is -2.55. The van der Waals surface area contributed by atoms with Gasteiger partial charge in [-0.3, -0.25) is 4.98 Å². The summed E-state index contributed by atoms with van der Waals surface area (Å²) in [6, 6.07) is 8.31. The van der Waals surface area contributed by atoms with Crippen LogP contribution in [0.15, 0.2) is 36.5 Å². The lowest BCUT2D eigenvalue weighted by atomic mass is 10.0. The van der Waals surface area contributed by atoms with Crippen LogP contribution < -0.4 is 5.73 Å². The predicted molar refractivity (Wildman–Crippen MR) is 68.4 cm³/mol. The van der Waals surface area contributed by atoms with Gasteiger partial charge >= 0.3 is 6.18 Å². The van der Waals surface area contributed by atoms with Crippen molar-refractivity contribution in [3.63, 3.8) is 0 Å². The van der Waals surface area contributed by atoms with Gasteiger partial charge in [0.15, 0.2) is 0 Å². The Labute approximate surface area is 113 Å². The van der Waals surface area contributed by atoms with Gasteiger partial charge in [0.2, 0.25) is 0 Å². The highest BCUT2D eigenvalue weighted by atomic mass is 19.4. The standard InChI is InChI=1S/C14H10F3N3/c15-14(16,17)11-3-1-2-10(7-11)13-12(19)6-9(4-5-18)8-20-13/h1-3,6-8H,4,19H2. The van der Waals surface area contributed by atoms with E-state index in [1.807, 2.05) is 6.07 Å². The summed E-state index contributed by atoms with van der Waals surface area (Å²) in [6.45, 7) is 0. The van der Waals surface area contributed by atoms with Gasteiger partial charge in [0.1, 0.15) is 0 Å². The zero-order chi connectivity index (χ0) is 14.8. The number of rotatable bonds is 2. The lowest BCUT2D eigenvalue weighted by Gasteiger charge is -2.10. The van der Waals surface area contributed by atoms with Crippen LogP contribution in [0.1, 0.15) is 11.1 Å². The monoisotopic (exact) mass is 277 g/mol. The second kappa shape index (κ2) is 5.21. The highest BCUT2D eigenvalue weighted by molar-refractivity contribution is 5.73. The minimum Gasteiger partial charge on any atom is -0.397 e. The van der Waals surface area contributed by atoms with Crippen LogP contribution in [-0.2, 0) is 12.6 Å². The zero-order valence-corrected chi connectivity index (χ0v) is 10.3. The van der Waals surface area contributed by atoms with Crippen LogP contribution in [0.25, 0.3) is 11.3 Å². The topological polar surface area (TPSA) is 62.7 Å². The lowest BCUT2D eigenvalue weighted by Crippen LogP contribution is -2.05. The van der Waals surface area contributed by atoms with Gasteiger partial charge in [-0.25, -0.2) is 0 Å². The maximum Gasteiger partial charge on any atom is 0.416 e. The quantitative estimate of drug-likeness (QED) is 0.914. The molecule has 0 saturated heterocycles. The minimum absolute atomic E-state index is 0.153. The molecule has 0 bridgehead atoms. The summed E-state index contributed by atoms with van der Waals surface area (Å²) in [6.07, 6.45) is -2.82. The van der Waals surface area contributed by atoms with Crippen molar-refractivity contribution in [3.05, 3.63) is 47.7 Å². The molecule has 0 aliphatic rings. The average Bonchev–Trinajstić information content (AvgIpc) is 2.38. The molecular formula is C14H10F3N3. The number of nitriles is 1. The van der Waals surface area contributed by atoms with E-state index in [1.165, 1.54) is 18.3 Å². The first-order chi connectivity index (χ1) is 9.41. The fourth-order valence-electron chi connectivity index (χ4n) is 1.80. The van der Waals surface area contributed by atoms with Crippen molar-refractivity contribution in [2.45, 2.75) is 12.6 Å². The molecule has 1 aromatic carbocycles. The molecule has 0 atom stereocenters. The molecule has 2 aromatic rings. The van der Waals surface area contributed by atoms with E-state index in [0.717, 1.165) is 12.1 Å². The van der Waals surface area contributed by atoms with E-state index in [2.05, 4.69) is 4.98 Å². The number of nitrogens with two attached hydrogens (primary N) is 1. The number of nitrogens with zero attached hydrogens (tertiary/aromatic N) is 2. The number of aromatic nitrogens is 1. The Morgan fingerprint density at radius 1 is 1.25 bits per heavy atom. The summed E-state index contributed by atoms with van der Waals surface area (Å²) >= 11 is 0. The molecule has 0 radical (unpaired) electrons. The zero-order valence-electron chi connectivity index (χ0n) is 10.3. The molecule has 102 valence electrons. The maximum atomic E-state index is 12.7. The summed E-state index contributed by atoms with van der Waals surface area (Å²) in [5, 5.41) is 8.58. The highest BCUT2D eigenvalue weighted by Crippen LogP contribution is 2.33. The Kier molecular flexibility index (Phi) is 3.61. The van der Waals surface area contributed by atoms with Crippen molar-refractivity contribution in [2.75, 3.05) is 5.73 Å². The van der Waals surface area contributed by atoms with Crippen LogP contribution in [0.5, 0.6) is 0 Å². The third-order valence-corrected chi connectivity index (χ3v) is 2.72. The first-order valence-electron chi connectivity index (χ1n) is 5.71. The molecule has 20 heavy (non-hydrogen) atoms. The van der Waals surface area contributed by atoms with Gasteiger partial charge in [0.25, 0.3) is 0 Å². The first-order valence-corrected chi connectivity index (χ1v) is 5.71. The van der Waals surface area contributed by atoms with Crippen molar-refractivity contribution >= 4 is 5.69 Å². The number of hydrogen-bond donors (Lipinski definition) is 1. The molecule has 1 heterocycles. The smallest absolute Gasteiger partial charge is 0.397 e. The van der Waals surface area contributed by atoms with E-state index in [0.29, 0.717) is 11.1 Å². The van der Waals surface area contributed by atoms with Gasteiger partial charge < -0.3 is 5.73 Å². The molecule has 0 fully saturated rings. The van der Waals surface area contributed by atoms with Gasteiger partial charge in [-0.05, 0) is 23.8 Å². The Balaban J connectivity index is 2.45. The third kappa shape index (κ3) is 2.88. The summed E-state index contributed by atoms with van der Waals surface area (Å²) in [5.41, 5.74) is 6.48. The van der Waals surface area contributed by atoms with Gasteiger partial charge in [-0.2, -0.15) is 18.4 Å². The molecular weight excluding hydrogens is 267 g/mol. The Morgan fingerprint density at radius 3 is 2.60 bits per heavy atom. The van der Waals surface area contributed by atoms with Crippen molar-refractivity contribution in [1.29, 1.82) is 5.26 Å². The van der Waals surface area contributed by atoms with Crippen LogP contribution in [0, 0.1) is 11.3 Å². The molecule has 0 saturated carbocycles. The predicted octanol–water partition coefficient (Wildman–Crippen LogP) is 3.42. The van der Waals surface area contributed by atoms with Crippen molar-refractivity contribution in [2.24, 2.45) is 0 Å². The molecule has 0 aliphatic carbocycles. The van der Waals surface area contributed by atoms with Crippen molar-refractivity contribution in [3.8, 4) is 17.3 Å². The number of halogens is 3. The molecule has 0 amide bonds. The van der Waals surface area contributed by atoms with Crippen LogP contribution >= 0.6 is 0 Å². The fourth-order valence-corrected chi connectivity index (χ4v) is 1.80. The van der Waals surface area contributed by atoms with Gasteiger partial charge in [-0.15, -0.1) is 0 Å². The summed E-state index contributed by atoms with van der Waals surface area (Å²) in [5.74, 6) is 0. The molecule has 2 N–H and O–H groups in total. The molecule has 6 heteroatoms. The Morgan fingerprint density at radius 2 is 2.00 bits per heavy atom. The van der Waals surface area contributed by atoms with Gasteiger partial charge in [0, 0.05) is 11.8 Å². The second-order valence-corrected chi connectivity index (χ2v) is 4.19. The molecule has 2 rings (SSSR count). The van der Waals surface area contributed by atoms with E-state index >= 15 is 0 Å². The second-order valence-electron chi connectivity index (χ2n) is 4.19.